The van der Waals surface area contributed by atoms with Crippen LogP contribution in [0.15, 0.2) is 249 Å². The lowest BCUT2D eigenvalue weighted by Crippen LogP contribution is -2.14. The van der Waals surface area contributed by atoms with Gasteiger partial charge in [-0.3, -0.25) is 0 Å². The number of aromatic nitrogens is 1. The normalized spacial score (nSPS) is 11.3. The average Bonchev–Trinajstić information content (AvgIpc) is 3.67. The summed E-state index contributed by atoms with van der Waals surface area (Å²) in [6.45, 7) is 0. The van der Waals surface area contributed by atoms with Crippen molar-refractivity contribution in [2.45, 2.75) is 0 Å². The molecule has 0 saturated carbocycles. The van der Waals surface area contributed by atoms with E-state index < -0.39 is 0 Å². The number of para-hydroxylation sites is 4. The van der Waals surface area contributed by atoms with E-state index in [4.69, 9.17) is 0 Å². The van der Waals surface area contributed by atoms with E-state index >= 15 is 0 Å². The van der Waals surface area contributed by atoms with Crippen molar-refractivity contribution in [2.24, 2.45) is 0 Å². The van der Waals surface area contributed by atoms with Gasteiger partial charge in [0.2, 0.25) is 0 Å². The number of nitrogens with zero attached hydrogens (tertiary/aromatic N) is 3. The Kier molecular flexibility index (Phi) is 9.18. The Morgan fingerprint density at radius 3 is 1.51 bits per heavy atom. The third kappa shape index (κ3) is 6.59. The van der Waals surface area contributed by atoms with Gasteiger partial charge in [0, 0.05) is 39.2 Å². The second-order valence-electron chi connectivity index (χ2n) is 15.4. The molecule has 3 heteroatoms. The molecular weight excluding hydrogens is 739 g/mol. The van der Waals surface area contributed by atoms with Gasteiger partial charge in [-0.1, -0.05) is 170 Å². The maximum atomic E-state index is 2.45. The first-order valence-electron chi connectivity index (χ1n) is 20.9. The fourth-order valence-electron chi connectivity index (χ4n) is 8.97. The molecule has 0 aliphatic carbocycles. The van der Waals surface area contributed by atoms with E-state index in [-0.39, 0.29) is 0 Å². The monoisotopic (exact) mass is 779 g/mol. The number of benzene rings is 10. The van der Waals surface area contributed by atoms with Gasteiger partial charge in [0.15, 0.2) is 0 Å². The molecule has 1 heterocycles. The van der Waals surface area contributed by atoms with Crippen molar-refractivity contribution < 1.29 is 0 Å². The van der Waals surface area contributed by atoms with Gasteiger partial charge in [-0.2, -0.15) is 0 Å². The zero-order valence-corrected chi connectivity index (χ0v) is 33.5. The van der Waals surface area contributed by atoms with Crippen LogP contribution in [0.4, 0.5) is 34.1 Å². The van der Waals surface area contributed by atoms with Gasteiger partial charge in [-0.05, 0) is 112 Å². The van der Waals surface area contributed by atoms with E-state index in [1.807, 2.05) is 0 Å². The third-order valence-electron chi connectivity index (χ3n) is 11.7. The average molecular weight is 780 g/mol. The number of hydrogen-bond acceptors (Lipinski definition) is 2. The van der Waals surface area contributed by atoms with Crippen LogP contribution in [0.3, 0.4) is 0 Å². The summed E-state index contributed by atoms with van der Waals surface area (Å²) in [5.41, 5.74) is 14.6. The number of fused-ring (bicyclic) bond motifs is 4. The lowest BCUT2D eigenvalue weighted by molar-refractivity contribution is 1.17. The van der Waals surface area contributed by atoms with Gasteiger partial charge >= 0.3 is 0 Å². The van der Waals surface area contributed by atoms with Crippen LogP contribution in [-0.2, 0) is 0 Å². The van der Waals surface area contributed by atoms with Crippen molar-refractivity contribution in [1.29, 1.82) is 0 Å². The Hall–Kier alpha value is -8.14. The quantitative estimate of drug-likeness (QED) is 0.145. The molecule has 11 rings (SSSR count). The zero-order valence-electron chi connectivity index (χ0n) is 33.5. The molecule has 0 spiro atoms. The van der Waals surface area contributed by atoms with Crippen molar-refractivity contribution in [3.8, 4) is 27.9 Å². The van der Waals surface area contributed by atoms with Crippen molar-refractivity contribution in [2.75, 3.05) is 9.80 Å². The lowest BCUT2D eigenvalue weighted by atomic mass is 9.98. The van der Waals surface area contributed by atoms with Crippen LogP contribution in [-0.4, -0.2) is 4.57 Å². The van der Waals surface area contributed by atoms with Gasteiger partial charge < -0.3 is 14.4 Å². The zero-order chi connectivity index (χ0) is 40.5. The minimum absolute atomic E-state index is 1.05. The molecule has 0 amide bonds. The highest BCUT2D eigenvalue weighted by Crippen LogP contribution is 2.48. The van der Waals surface area contributed by atoms with Crippen LogP contribution in [0.25, 0.3) is 60.5 Å². The second-order valence-corrected chi connectivity index (χ2v) is 15.4. The Bertz CT molecular complexity index is 3240. The summed E-state index contributed by atoms with van der Waals surface area (Å²) in [4.78, 5) is 4.81. The van der Waals surface area contributed by atoms with Crippen molar-refractivity contribution in [3.05, 3.63) is 249 Å². The van der Waals surface area contributed by atoms with Crippen molar-refractivity contribution in [3.63, 3.8) is 0 Å². The summed E-state index contributed by atoms with van der Waals surface area (Å²) >= 11 is 0. The molecule has 0 bridgehead atoms. The largest absolute Gasteiger partial charge is 0.310 e. The lowest BCUT2D eigenvalue weighted by Gasteiger charge is -2.30. The van der Waals surface area contributed by atoms with Crippen LogP contribution in [0, 0.1) is 0 Å². The van der Waals surface area contributed by atoms with Crippen molar-refractivity contribution >= 4 is 66.7 Å². The van der Waals surface area contributed by atoms with Crippen molar-refractivity contribution in [1.82, 2.24) is 4.57 Å². The van der Waals surface area contributed by atoms with E-state index in [0.29, 0.717) is 0 Å². The molecule has 0 fully saturated rings. The van der Waals surface area contributed by atoms with E-state index in [1.165, 1.54) is 43.8 Å². The van der Waals surface area contributed by atoms with E-state index in [9.17, 15) is 0 Å². The summed E-state index contributed by atoms with van der Waals surface area (Å²) in [6, 6.07) is 89.6. The predicted molar refractivity (Wildman–Crippen MR) is 259 cm³/mol. The Morgan fingerprint density at radius 1 is 0.295 bits per heavy atom. The molecule has 288 valence electrons. The predicted octanol–water partition coefficient (Wildman–Crippen LogP) is 16.2. The molecule has 3 nitrogen and oxygen atoms in total. The van der Waals surface area contributed by atoms with Crippen LogP contribution >= 0.6 is 0 Å². The standard InChI is InChI=1S/C58H41N3/c1-5-19-42(20-6-1)45-23-17-30-50(39-45)61-55-34-16-15-32-54(55)58-56(60(47-26-9-3-10-27-47)48-28-11-4-12-29-48)40-51(41-57(58)61)59(46-24-7-2-8-25-46)49-37-35-44(36-38-49)53-33-18-22-43-21-13-14-31-52(43)53/h1-41H. The van der Waals surface area contributed by atoms with E-state index in [0.717, 1.165) is 50.8 Å². The van der Waals surface area contributed by atoms with Crippen LogP contribution in [0.1, 0.15) is 0 Å². The summed E-state index contributed by atoms with van der Waals surface area (Å²) in [7, 11) is 0. The minimum atomic E-state index is 1.05. The van der Waals surface area contributed by atoms with Crippen LogP contribution in [0.5, 0.6) is 0 Å². The molecule has 0 unspecified atom stereocenters. The van der Waals surface area contributed by atoms with Gasteiger partial charge in [-0.15, -0.1) is 0 Å². The summed E-state index contributed by atoms with van der Waals surface area (Å²) in [6.07, 6.45) is 0. The van der Waals surface area contributed by atoms with Crippen LogP contribution in [0.2, 0.25) is 0 Å². The molecule has 0 atom stereocenters. The van der Waals surface area contributed by atoms with E-state index in [1.54, 1.807) is 0 Å². The maximum Gasteiger partial charge on any atom is 0.0583 e. The molecule has 10 aromatic carbocycles. The molecule has 61 heavy (non-hydrogen) atoms. The molecule has 11 aromatic rings. The number of hydrogen-bond donors (Lipinski definition) is 0. The number of rotatable bonds is 9. The topological polar surface area (TPSA) is 11.4 Å². The molecule has 1 aromatic heterocycles. The number of anilines is 6. The first kappa shape index (κ1) is 36.0. The van der Waals surface area contributed by atoms with Gasteiger partial charge in [0.25, 0.3) is 0 Å². The summed E-state index contributed by atoms with van der Waals surface area (Å²) in [5, 5.41) is 4.85. The summed E-state index contributed by atoms with van der Waals surface area (Å²) in [5.74, 6) is 0. The highest BCUT2D eigenvalue weighted by molar-refractivity contribution is 6.18. The minimum Gasteiger partial charge on any atom is -0.310 e. The Morgan fingerprint density at radius 2 is 0.820 bits per heavy atom. The maximum absolute atomic E-state index is 2.45. The van der Waals surface area contributed by atoms with E-state index in [2.05, 4.69) is 263 Å². The highest BCUT2D eigenvalue weighted by atomic mass is 15.2. The molecular formula is C58H41N3. The van der Waals surface area contributed by atoms with Gasteiger partial charge in [0.05, 0.1) is 22.4 Å². The molecule has 0 aliphatic rings. The molecule has 0 saturated heterocycles. The molecule has 0 aliphatic heterocycles. The first-order valence-corrected chi connectivity index (χ1v) is 20.9. The SMILES string of the molecule is c1ccc(-c2cccc(-n3c4ccccc4c4c(N(c5ccccc5)c5ccccc5)cc(N(c5ccccc5)c5ccc(-c6cccc7ccccc67)cc5)cc43)c2)cc1. The van der Waals surface area contributed by atoms with Gasteiger partial charge in [-0.25, -0.2) is 0 Å². The molecule has 0 radical (unpaired) electrons. The smallest absolute Gasteiger partial charge is 0.0583 e. The Labute approximate surface area is 356 Å². The Balaban J connectivity index is 1.20. The highest BCUT2D eigenvalue weighted by Gasteiger charge is 2.25. The first-order chi connectivity index (χ1) is 30.3. The third-order valence-corrected chi connectivity index (χ3v) is 11.7. The fraction of sp³-hybridized carbons (Fsp3) is 0. The fourth-order valence-corrected chi connectivity index (χ4v) is 8.97. The molecule has 0 N–H and O–H groups in total. The van der Waals surface area contributed by atoms with Gasteiger partial charge in [0.1, 0.15) is 0 Å². The summed E-state index contributed by atoms with van der Waals surface area (Å²) < 4.78 is 2.45. The van der Waals surface area contributed by atoms with Crippen LogP contribution < -0.4 is 9.80 Å². The second kappa shape index (κ2) is 15.6.